The van der Waals surface area contributed by atoms with Crippen LogP contribution < -0.4 is 20.7 Å². The van der Waals surface area contributed by atoms with Crippen molar-refractivity contribution in [1.82, 2.24) is 20.0 Å². The highest BCUT2D eigenvalue weighted by atomic mass is 32.2. The second-order valence-corrected chi connectivity index (χ2v) is 13.0. The van der Waals surface area contributed by atoms with E-state index in [1.807, 2.05) is 45.0 Å². The van der Waals surface area contributed by atoms with E-state index in [4.69, 9.17) is 9.72 Å². The van der Waals surface area contributed by atoms with Gasteiger partial charge in [-0.3, -0.25) is 0 Å². The van der Waals surface area contributed by atoms with Gasteiger partial charge < -0.3 is 20.7 Å². The molecule has 4 rings (SSSR count). The average molecular weight is 569 g/mol. The average Bonchev–Trinajstić information content (AvgIpc) is 2.93. The maximum Gasteiger partial charge on any atom is 0.407 e. The Kier molecular flexibility index (Phi) is 9.80. The van der Waals surface area contributed by atoms with Gasteiger partial charge in [0.25, 0.3) is 0 Å². The first-order valence-corrected chi connectivity index (χ1v) is 15.3. The Balaban J connectivity index is 1.25. The number of alkyl carbamates (subject to hydrolysis) is 1. The zero-order valence-corrected chi connectivity index (χ0v) is 24.3. The number of carbonyl (C=O) groups excluding carboxylic acids is 1. The third kappa shape index (κ3) is 8.79. The summed E-state index contributed by atoms with van der Waals surface area (Å²) < 4.78 is 33.1. The minimum Gasteiger partial charge on any atom is -0.444 e. The van der Waals surface area contributed by atoms with Gasteiger partial charge in [-0.25, -0.2) is 22.9 Å². The highest BCUT2D eigenvalue weighted by molar-refractivity contribution is 7.89. The predicted octanol–water partition coefficient (Wildman–Crippen LogP) is 4.76. The van der Waals surface area contributed by atoms with Crippen molar-refractivity contribution in [3.05, 3.63) is 54.6 Å². The Morgan fingerprint density at radius 1 is 0.875 bits per heavy atom. The van der Waals surface area contributed by atoms with Gasteiger partial charge in [0.2, 0.25) is 16.0 Å². The molecule has 216 valence electrons. The number of rotatable bonds is 11. The van der Waals surface area contributed by atoms with E-state index in [-0.39, 0.29) is 0 Å². The smallest absolute Gasteiger partial charge is 0.407 e. The summed E-state index contributed by atoms with van der Waals surface area (Å²) in [5.74, 6) is 2.05. The van der Waals surface area contributed by atoms with E-state index in [9.17, 15) is 13.2 Å². The summed E-state index contributed by atoms with van der Waals surface area (Å²) >= 11 is 0. The lowest BCUT2D eigenvalue weighted by molar-refractivity contribution is 0.0530. The number of carbonyl (C=O) groups is 1. The second kappa shape index (κ2) is 13.3. The fourth-order valence-corrected chi connectivity index (χ4v) is 5.87. The van der Waals surface area contributed by atoms with Gasteiger partial charge in [0.1, 0.15) is 11.4 Å². The van der Waals surface area contributed by atoms with Crippen LogP contribution in [-0.2, 0) is 14.8 Å². The number of nitrogens with zero attached hydrogens (tertiary/aromatic N) is 2. The third-order valence-electron chi connectivity index (χ3n) is 6.82. The zero-order chi connectivity index (χ0) is 28.6. The van der Waals surface area contributed by atoms with Crippen LogP contribution in [0.4, 0.5) is 16.6 Å². The van der Waals surface area contributed by atoms with E-state index < -0.39 is 21.7 Å². The maximum atomic E-state index is 12.5. The standard InChI is InChI=1S/C29H40N6O4S/c1-29(2,3)39-28(36)31-18-17-30-26-24-11-7-8-12-25(24)34-27(35-26)32-19-21-13-15-22(16-14-21)20-33-40(37,38)23-9-5-4-6-10-23/h4-12,21-22,33H,13-20H2,1-3H3,(H,31,36)(H2,30,32,34,35). The molecule has 0 unspecified atom stereocenters. The van der Waals surface area contributed by atoms with Gasteiger partial charge in [-0.05, 0) is 82.6 Å². The van der Waals surface area contributed by atoms with E-state index in [0.29, 0.717) is 48.1 Å². The molecule has 1 aliphatic carbocycles. The molecule has 0 bridgehead atoms. The molecule has 1 aromatic heterocycles. The normalized spacial score (nSPS) is 17.8. The largest absolute Gasteiger partial charge is 0.444 e. The van der Waals surface area contributed by atoms with Crippen LogP contribution in [0.1, 0.15) is 46.5 Å². The highest BCUT2D eigenvalue weighted by Gasteiger charge is 2.23. The van der Waals surface area contributed by atoms with Crippen molar-refractivity contribution in [3.63, 3.8) is 0 Å². The first-order chi connectivity index (χ1) is 19.1. The van der Waals surface area contributed by atoms with Gasteiger partial charge in [-0.15, -0.1) is 0 Å². The fourth-order valence-electron chi connectivity index (χ4n) is 4.74. The van der Waals surface area contributed by atoms with Gasteiger partial charge >= 0.3 is 6.09 Å². The summed E-state index contributed by atoms with van der Waals surface area (Å²) in [4.78, 5) is 21.6. The molecule has 10 nitrogen and oxygen atoms in total. The Labute approximate surface area is 236 Å². The molecular formula is C29H40N6O4S. The number of hydrogen-bond acceptors (Lipinski definition) is 8. The number of para-hydroxylation sites is 1. The number of sulfonamides is 1. The number of ether oxygens (including phenoxy) is 1. The van der Waals surface area contributed by atoms with Crippen LogP contribution in [0.3, 0.4) is 0 Å². The quantitative estimate of drug-likeness (QED) is 0.243. The summed E-state index contributed by atoms with van der Waals surface area (Å²) in [7, 11) is -3.47. The van der Waals surface area contributed by atoms with Crippen LogP contribution in [0.5, 0.6) is 0 Å². The Hall–Kier alpha value is -3.44. The first kappa shape index (κ1) is 29.5. The van der Waals surface area contributed by atoms with Crippen molar-refractivity contribution in [2.45, 2.75) is 57.0 Å². The van der Waals surface area contributed by atoms with Gasteiger partial charge in [-0.1, -0.05) is 30.3 Å². The van der Waals surface area contributed by atoms with Gasteiger partial charge in [0.15, 0.2) is 0 Å². The molecule has 1 amide bonds. The molecule has 0 saturated heterocycles. The monoisotopic (exact) mass is 568 g/mol. The lowest BCUT2D eigenvalue weighted by Crippen LogP contribution is -2.35. The van der Waals surface area contributed by atoms with Gasteiger partial charge in [0.05, 0.1) is 10.4 Å². The minimum absolute atomic E-state index is 0.302. The lowest BCUT2D eigenvalue weighted by atomic mass is 9.82. The third-order valence-corrected chi connectivity index (χ3v) is 8.26. The Morgan fingerprint density at radius 3 is 2.23 bits per heavy atom. The summed E-state index contributed by atoms with van der Waals surface area (Å²) in [5, 5.41) is 10.4. The van der Waals surface area contributed by atoms with Crippen molar-refractivity contribution < 1.29 is 17.9 Å². The summed E-state index contributed by atoms with van der Waals surface area (Å²) in [5.41, 5.74) is 0.289. The molecule has 0 spiro atoms. The molecule has 1 saturated carbocycles. The zero-order valence-electron chi connectivity index (χ0n) is 23.4. The van der Waals surface area contributed by atoms with Crippen LogP contribution in [0.15, 0.2) is 59.5 Å². The molecule has 1 heterocycles. The van der Waals surface area contributed by atoms with E-state index >= 15 is 0 Å². The molecule has 1 fully saturated rings. The van der Waals surface area contributed by atoms with E-state index in [2.05, 4.69) is 25.7 Å². The second-order valence-electron chi connectivity index (χ2n) is 11.2. The SMILES string of the molecule is CC(C)(C)OC(=O)NCCNc1nc(NCC2CCC(CNS(=O)(=O)c3ccccc3)CC2)nc2ccccc12. The van der Waals surface area contributed by atoms with Gasteiger partial charge in [0, 0.05) is 31.6 Å². The molecule has 0 aliphatic heterocycles. The molecule has 4 N–H and O–H groups in total. The van der Waals surface area contributed by atoms with E-state index in [1.165, 1.54) is 0 Å². The van der Waals surface area contributed by atoms with Gasteiger partial charge in [-0.2, -0.15) is 4.98 Å². The van der Waals surface area contributed by atoms with E-state index in [1.54, 1.807) is 30.3 Å². The highest BCUT2D eigenvalue weighted by Crippen LogP contribution is 2.29. The van der Waals surface area contributed by atoms with E-state index in [0.717, 1.165) is 43.1 Å². The molecule has 11 heteroatoms. The number of amides is 1. The molecular weight excluding hydrogens is 528 g/mol. The Morgan fingerprint density at radius 2 is 1.52 bits per heavy atom. The van der Waals surface area contributed by atoms with Crippen molar-refractivity contribution in [2.24, 2.45) is 11.8 Å². The minimum atomic E-state index is -3.47. The predicted molar refractivity (Wildman–Crippen MR) is 158 cm³/mol. The lowest BCUT2D eigenvalue weighted by Gasteiger charge is -2.28. The van der Waals surface area contributed by atoms with Crippen molar-refractivity contribution in [3.8, 4) is 0 Å². The summed E-state index contributed by atoms with van der Waals surface area (Å²) in [6.45, 7) is 7.57. The number of aromatic nitrogens is 2. The van der Waals surface area contributed by atoms with Crippen molar-refractivity contribution in [2.75, 3.05) is 36.8 Å². The number of hydrogen-bond donors (Lipinski definition) is 4. The summed E-state index contributed by atoms with van der Waals surface area (Å²) in [6, 6.07) is 16.3. The maximum absolute atomic E-state index is 12.5. The number of benzene rings is 2. The molecule has 2 aromatic carbocycles. The summed E-state index contributed by atoms with van der Waals surface area (Å²) in [6.07, 6.45) is 3.52. The topological polar surface area (TPSA) is 134 Å². The number of anilines is 2. The van der Waals surface area contributed by atoms with Crippen LogP contribution >= 0.6 is 0 Å². The molecule has 0 radical (unpaired) electrons. The first-order valence-electron chi connectivity index (χ1n) is 13.9. The molecule has 3 aromatic rings. The molecule has 40 heavy (non-hydrogen) atoms. The van der Waals surface area contributed by atoms with Crippen LogP contribution in [0.2, 0.25) is 0 Å². The molecule has 1 aliphatic rings. The van der Waals surface area contributed by atoms with Crippen LogP contribution in [-0.4, -0.2) is 56.3 Å². The van der Waals surface area contributed by atoms with Crippen LogP contribution in [0, 0.1) is 11.8 Å². The Bertz CT molecular complexity index is 1370. The fraction of sp³-hybridized carbons (Fsp3) is 0.483. The van der Waals surface area contributed by atoms with Crippen molar-refractivity contribution >= 4 is 38.8 Å². The van der Waals surface area contributed by atoms with Crippen LogP contribution in [0.25, 0.3) is 10.9 Å². The molecule has 0 atom stereocenters. The number of nitrogens with one attached hydrogen (secondary N) is 4. The number of fused-ring (bicyclic) bond motifs is 1. The van der Waals surface area contributed by atoms with Crippen molar-refractivity contribution in [1.29, 1.82) is 0 Å².